The van der Waals surface area contributed by atoms with Crippen LogP contribution in [0.1, 0.15) is 5.56 Å². The lowest BCUT2D eigenvalue weighted by atomic mass is 10.1. The zero-order valence-corrected chi connectivity index (χ0v) is 13.9. The Kier molecular flexibility index (Phi) is 4.54. The number of aliphatic carboxylic acids is 1. The van der Waals surface area contributed by atoms with Gasteiger partial charge in [-0.15, -0.1) is 0 Å². The molecule has 0 radical (unpaired) electrons. The Morgan fingerprint density at radius 3 is 2.28 bits per heavy atom. The largest absolute Gasteiger partial charge is 0.478 e. The second-order valence-electron chi connectivity index (χ2n) is 5.41. The summed E-state index contributed by atoms with van der Waals surface area (Å²) in [6.45, 7) is 0. The first kappa shape index (κ1) is 16.7. The maximum absolute atomic E-state index is 12.5. The highest BCUT2D eigenvalue weighted by Crippen LogP contribution is 2.22. The minimum atomic E-state index is -3.72. The summed E-state index contributed by atoms with van der Waals surface area (Å²) in [5.74, 6) is -1.06. The lowest BCUT2D eigenvalue weighted by molar-refractivity contribution is -0.131. The fourth-order valence-electron chi connectivity index (χ4n) is 2.39. The van der Waals surface area contributed by atoms with Crippen molar-refractivity contribution in [2.24, 2.45) is 0 Å². The van der Waals surface area contributed by atoms with Gasteiger partial charge in [0.2, 0.25) is 0 Å². The van der Waals surface area contributed by atoms with Crippen LogP contribution in [0.4, 0.5) is 5.69 Å². The molecule has 0 bridgehead atoms. The summed E-state index contributed by atoms with van der Waals surface area (Å²) in [5.41, 5.74) is 1.08. The van der Waals surface area contributed by atoms with E-state index in [2.05, 4.69) is 4.72 Å². The lowest BCUT2D eigenvalue weighted by Crippen LogP contribution is -2.12. The molecule has 0 spiro atoms. The summed E-state index contributed by atoms with van der Waals surface area (Å²) >= 11 is 0. The number of anilines is 1. The Morgan fingerprint density at radius 1 is 0.920 bits per heavy atom. The highest BCUT2D eigenvalue weighted by Gasteiger charge is 2.14. The van der Waals surface area contributed by atoms with Crippen LogP contribution in [0.2, 0.25) is 0 Å². The number of fused-ring (bicyclic) bond motifs is 1. The van der Waals surface area contributed by atoms with E-state index < -0.39 is 16.0 Å². The van der Waals surface area contributed by atoms with Crippen molar-refractivity contribution in [2.45, 2.75) is 4.90 Å². The summed E-state index contributed by atoms with van der Waals surface area (Å²) in [4.78, 5) is 10.6. The molecule has 5 nitrogen and oxygen atoms in total. The molecule has 3 rings (SSSR count). The Bertz CT molecular complexity index is 1050. The zero-order chi connectivity index (χ0) is 17.9. The normalized spacial score (nSPS) is 11.7. The molecule has 3 aromatic carbocycles. The molecule has 0 saturated carbocycles. The minimum Gasteiger partial charge on any atom is -0.478 e. The number of hydrogen-bond donors (Lipinski definition) is 2. The number of benzene rings is 3. The Hall–Kier alpha value is -3.12. The molecule has 0 amide bonds. The third kappa shape index (κ3) is 4.05. The first-order chi connectivity index (χ1) is 11.9. The average molecular weight is 353 g/mol. The maximum atomic E-state index is 12.5. The molecule has 0 aliphatic carbocycles. The summed E-state index contributed by atoms with van der Waals surface area (Å²) in [5, 5.41) is 10.6. The number of carbonyl (C=O) groups is 1. The smallest absolute Gasteiger partial charge is 0.328 e. The van der Waals surface area contributed by atoms with Crippen molar-refractivity contribution < 1.29 is 18.3 Å². The minimum absolute atomic E-state index is 0.105. The third-order valence-corrected chi connectivity index (χ3v) is 5.01. The molecule has 0 aromatic heterocycles. The van der Waals surface area contributed by atoms with E-state index in [4.69, 9.17) is 5.11 Å². The van der Waals surface area contributed by atoms with Crippen molar-refractivity contribution in [1.82, 2.24) is 0 Å². The lowest BCUT2D eigenvalue weighted by Gasteiger charge is -2.09. The van der Waals surface area contributed by atoms with Crippen molar-refractivity contribution in [3.8, 4) is 0 Å². The predicted octanol–water partition coefficient (Wildman–Crippen LogP) is 3.74. The highest BCUT2D eigenvalue weighted by molar-refractivity contribution is 7.92. The van der Waals surface area contributed by atoms with Gasteiger partial charge in [-0.05, 0) is 46.7 Å². The highest BCUT2D eigenvalue weighted by atomic mass is 32.2. The van der Waals surface area contributed by atoms with Gasteiger partial charge in [0.15, 0.2) is 0 Å². The van der Waals surface area contributed by atoms with E-state index in [0.29, 0.717) is 11.3 Å². The molecule has 0 unspecified atom stereocenters. The molecule has 0 aliphatic heterocycles. The van der Waals surface area contributed by atoms with Crippen molar-refractivity contribution in [3.63, 3.8) is 0 Å². The summed E-state index contributed by atoms with van der Waals surface area (Å²) in [6.07, 6.45) is 2.40. The van der Waals surface area contributed by atoms with Crippen LogP contribution in [0, 0.1) is 0 Å². The molecule has 0 atom stereocenters. The SMILES string of the molecule is O=C(O)C=Cc1ccc(S(=O)(=O)Nc2ccc3ccccc3c2)cc1. The topological polar surface area (TPSA) is 83.5 Å². The molecule has 25 heavy (non-hydrogen) atoms. The first-order valence-corrected chi connectivity index (χ1v) is 8.95. The fourth-order valence-corrected chi connectivity index (χ4v) is 3.44. The van der Waals surface area contributed by atoms with Crippen LogP contribution in [0.25, 0.3) is 16.8 Å². The zero-order valence-electron chi connectivity index (χ0n) is 13.1. The monoisotopic (exact) mass is 353 g/mol. The average Bonchev–Trinajstić information content (AvgIpc) is 2.60. The molecule has 3 aromatic rings. The third-order valence-electron chi connectivity index (χ3n) is 3.61. The summed E-state index contributed by atoms with van der Waals surface area (Å²) in [7, 11) is -3.72. The Balaban J connectivity index is 1.84. The predicted molar refractivity (Wildman–Crippen MR) is 97.9 cm³/mol. The van der Waals surface area contributed by atoms with E-state index in [1.807, 2.05) is 30.3 Å². The molecule has 6 heteroatoms. The van der Waals surface area contributed by atoms with Crippen molar-refractivity contribution in [1.29, 1.82) is 0 Å². The Labute approximate surface area is 145 Å². The van der Waals surface area contributed by atoms with Gasteiger partial charge in [0.25, 0.3) is 10.0 Å². The van der Waals surface area contributed by atoms with Crippen LogP contribution in [0.15, 0.2) is 77.7 Å². The van der Waals surface area contributed by atoms with E-state index >= 15 is 0 Å². The first-order valence-electron chi connectivity index (χ1n) is 7.47. The van der Waals surface area contributed by atoms with Gasteiger partial charge in [0.05, 0.1) is 4.90 Å². The van der Waals surface area contributed by atoms with E-state index in [-0.39, 0.29) is 4.90 Å². The molecule has 2 N–H and O–H groups in total. The molecule has 0 heterocycles. The van der Waals surface area contributed by atoms with Crippen LogP contribution in [0.5, 0.6) is 0 Å². The van der Waals surface area contributed by atoms with Crippen molar-refractivity contribution in [3.05, 3.63) is 78.4 Å². The quantitative estimate of drug-likeness (QED) is 0.685. The van der Waals surface area contributed by atoms with Gasteiger partial charge in [-0.1, -0.05) is 42.5 Å². The van der Waals surface area contributed by atoms with E-state index in [0.717, 1.165) is 16.8 Å². The van der Waals surface area contributed by atoms with Gasteiger partial charge < -0.3 is 5.11 Å². The molecule has 0 saturated heterocycles. The van der Waals surface area contributed by atoms with Crippen LogP contribution >= 0.6 is 0 Å². The molecule has 126 valence electrons. The molecule has 0 aliphatic rings. The number of rotatable bonds is 5. The van der Waals surface area contributed by atoms with Gasteiger partial charge in [0.1, 0.15) is 0 Å². The molecular weight excluding hydrogens is 338 g/mol. The van der Waals surface area contributed by atoms with Crippen LogP contribution < -0.4 is 4.72 Å². The van der Waals surface area contributed by atoms with Gasteiger partial charge >= 0.3 is 5.97 Å². The van der Waals surface area contributed by atoms with Gasteiger partial charge in [-0.3, -0.25) is 4.72 Å². The number of carboxylic acids is 1. The van der Waals surface area contributed by atoms with E-state index in [1.165, 1.54) is 18.2 Å². The standard InChI is InChI=1S/C19H15NO4S/c21-19(22)12-7-14-5-10-18(11-6-14)25(23,24)20-17-9-8-15-3-1-2-4-16(15)13-17/h1-13,20H,(H,21,22). The van der Waals surface area contributed by atoms with Crippen molar-refractivity contribution >= 4 is 38.5 Å². The second-order valence-corrected chi connectivity index (χ2v) is 7.09. The maximum Gasteiger partial charge on any atom is 0.328 e. The van der Waals surface area contributed by atoms with E-state index in [1.54, 1.807) is 24.3 Å². The van der Waals surface area contributed by atoms with Gasteiger partial charge in [-0.25, -0.2) is 13.2 Å². The van der Waals surface area contributed by atoms with E-state index in [9.17, 15) is 13.2 Å². The number of nitrogens with one attached hydrogen (secondary N) is 1. The fraction of sp³-hybridized carbons (Fsp3) is 0. The summed E-state index contributed by atoms with van der Waals surface area (Å²) in [6, 6.07) is 19.0. The van der Waals surface area contributed by atoms with Crippen LogP contribution in [-0.2, 0) is 14.8 Å². The number of carboxylic acid groups (broad SMARTS) is 1. The second kappa shape index (κ2) is 6.78. The number of sulfonamides is 1. The molecule has 0 fully saturated rings. The van der Waals surface area contributed by atoms with Crippen LogP contribution in [-0.4, -0.2) is 19.5 Å². The number of hydrogen-bond acceptors (Lipinski definition) is 3. The molecular formula is C19H15NO4S. The van der Waals surface area contributed by atoms with Gasteiger partial charge in [-0.2, -0.15) is 0 Å². The van der Waals surface area contributed by atoms with Crippen LogP contribution in [0.3, 0.4) is 0 Å². The Morgan fingerprint density at radius 2 is 1.60 bits per heavy atom. The van der Waals surface area contributed by atoms with Gasteiger partial charge in [0, 0.05) is 11.8 Å². The van der Waals surface area contributed by atoms with Crippen molar-refractivity contribution in [2.75, 3.05) is 4.72 Å². The summed E-state index contributed by atoms with van der Waals surface area (Å²) < 4.78 is 27.5.